The van der Waals surface area contributed by atoms with Crippen molar-refractivity contribution in [2.75, 3.05) is 5.32 Å². The molecule has 9 heteroatoms. The molecule has 1 N–H and O–H groups in total. The van der Waals surface area contributed by atoms with Crippen LogP contribution in [-0.4, -0.2) is 19.3 Å². The maximum Gasteiger partial charge on any atom is 0.339 e. The number of aromatic nitrogens is 1. The summed E-state index contributed by atoms with van der Waals surface area (Å²) in [6.45, 7) is 3.73. The van der Waals surface area contributed by atoms with Gasteiger partial charge in [-0.1, -0.05) is 29.8 Å². The van der Waals surface area contributed by atoms with E-state index in [0.29, 0.717) is 10.7 Å². The molecule has 0 radical (unpaired) electrons. The van der Waals surface area contributed by atoms with E-state index in [1.165, 1.54) is 35.6 Å². The van der Waals surface area contributed by atoms with Crippen LogP contribution in [0.5, 0.6) is 5.75 Å². The topological polar surface area (TPSA) is 109 Å². The molecule has 1 amide bonds. The molecule has 3 rings (SSSR count). The molecule has 1 aromatic heterocycles. The van der Waals surface area contributed by atoms with Crippen molar-refractivity contribution in [3.8, 4) is 11.8 Å². The molecule has 1 atom stereocenters. The molecular formula is C21H19N3O4S2. The third-order valence-corrected chi connectivity index (χ3v) is 6.27. The van der Waals surface area contributed by atoms with Gasteiger partial charge in [0, 0.05) is 11.1 Å². The van der Waals surface area contributed by atoms with E-state index >= 15 is 0 Å². The zero-order chi connectivity index (χ0) is 21.7. The Kier molecular flexibility index (Phi) is 6.50. The van der Waals surface area contributed by atoms with E-state index in [0.717, 1.165) is 10.4 Å². The van der Waals surface area contributed by atoms with Crippen molar-refractivity contribution >= 4 is 32.5 Å². The van der Waals surface area contributed by atoms with E-state index in [4.69, 9.17) is 4.18 Å². The second-order valence-electron chi connectivity index (χ2n) is 6.65. The van der Waals surface area contributed by atoms with Gasteiger partial charge in [0.1, 0.15) is 16.6 Å². The largest absolute Gasteiger partial charge is 0.379 e. The number of hydrogen-bond acceptors (Lipinski definition) is 7. The van der Waals surface area contributed by atoms with Gasteiger partial charge in [0.25, 0.3) is 0 Å². The Labute approximate surface area is 179 Å². The van der Waals surface area contributed by atoms with Crippen LogP contribution in [0.4, 0.5) is 5.13 Å². The molecule has 0 saturated carbocycles. The van der Waals surface area contributed by atoms with E-state index in [1.807, 2.05) is 19.9 Å². The molecule has 0 bridgehead atoms. The van der Waals surface area contributed by atoms with Crippen molar-refractivity contribution in [1.29, 1.82) is 5.26 Å². The predicted octanol–water partition coefficient (Wildman–Crippen LogP) is 3.85. The van der Waals surface area contributed by atoms with Crippen molar-refractivity contribution in [1.82, 2.24) is 4.98 Å². The Bertz CT molecular complexity index is 1200. The Morgan fingerprint density at radius 1 is 1.23 bits per heavy atom. The normalized spacial score (nSPS) is 12.0. The number of thiazole rings is 1. The molecule has 154 valence electrons. The fourth-order valence-electron chi connectivity index (χ4n) is 2.64. The van der Waals surface area contributed by atoms with Gasteiger partial charge in [0.2, 0.25) is 5.91 Å². The molecule has 0 aliphatic carbocycles. The monoisotopic (exact) mass is 441 g/mol. The average Bonchev–Trinajstić information content (AvgIpc) is 3.11. The number of nitriles is 1. The molecular weight excluding hydrogens is 422 g/mol. The SMILES string of the molecule is Cc1ccc(S(=O)(=O)Oc2cccc(CC(C#N)C(=O)Nc3ncc(C)s3)c2)cc1. The van der Waals surface area contributed by atoms with Gasteiger partial charge >= 0.3 is 10.1 Å². The summed E-state index contributed by atoms with van der Waals surface area (Å²) in [7, 11) is -3.99. The first-order valence-electron chi connectivity index (χ1n) is 9.00. The van der Waals surface area contributed by atoms with Crippen molar-refractivity contribution in [2.24, 2.45) is 5.92 Å². The number of anilines is 1. The van der Waals surface area contributed by atoms with Crippen LogP contribution < -0.4 is 9.50 Å². The first-order chi connectivity index (χ1) is 14.3. The molecule has 0 saturated heterocycles. The number of carbonyl (C=O) groups excluding carboxylic acids is 1. The summed E-state index contributed by atoms with van der Waals surface area (Å²) in [6.07, 6.45) is 1.74. The summed E-state index contributed by atoms with van der Waals surface area (Å²) in [5.41, 5.74) is 1.54. The molecule has 0 fully saturated rings. The minimum atomic E-state index is -3.99. The predicted molar refractivity (Wildman–Crippen MR) is 114 cm³/mol. The highest BCUT2D eigenvalue weighted by atomic mass is 32.2. The van der Waals surface area contributed by atoms with Gasteiger partial charge in [-0.05, 0) is 50.1 Å². The minimum absolute atomic E-state index is 0.0477. The first kappa shape index (κ1) is 21.5. The standard InChI is InChI=1S/C21H19N3O4S2/c1-14-6-8-19(9-7-14)30(26,27)28-18-5-3-4-16(11-18)10-17(12-22)20(25)24-21-23-13-15(2)29-21/h3-9,11,13,17H,10H2,1-2H3,(H,23,24,25). The van der Waals surface area contributed by atoms with Crippen LogP contribution in [0.25, 0.3) is 0 Å². The van der Waals surface area contributed by atoms with Gasteiger partial charge in [-0.15, -0.1) is 11.3 Å². The molecule has 0 aliphatic heterocycles. The van der Waals surface area contributed by atoms with Crippen molar-refractivity contribution in [3.63, 3.8) is 0 Å². The molecule has 0 spiro atoms. The van der Waals surface area contributed by atoms with Crippen molar-refractivity contribution in [2.45, 2.75) is 25.2 Å². The van der Waals surface area contributed by atoms with Crippen LogP contribution in [-0.2, 0) is 21.3 Å². The van der Waals surface area contributed by atoms with Crippen molar-refractivity contribution in [3.05, 3.63) is 70.7 Å². The van der Waals surface area contributed by atoms with E-state index in [1.54, 1.807) is 30.5 Å². The lowest BCUT2D eigenvalue weighted by Gasteiger charge is -2.11. The summed E-state index contributed by atoms with van der Waals surface area (Å²) in [4.78, 5) is 17.4. The third-order valence-electron chi connectivity index (χ3n) is 4.18. The fourth-order valence-corrected chi connectivity index (χ4v) is 4.23. The lowest BCUT2D eigenvalue weighted by molar-refractivity contribution is -0.118. The number of aryl methyl sites for hydroxylation is 2. The smallest absolute Gasteiger partial charge is 0.339 e. The van der Waals surface area contributed by atoms with E-state index in [9.17, 15) is 18.5 Å². The highest BCUT2D eigenvalue weighted by molar-refractivity contribution is 7.87. The maximum absolute atomic E-state index is 12.5. The zero-order valence-corrected chi connectivity index (χ0v) is 18.0. The number of nitrogens with one attached hydrogen (secondary N) is 1. The molecule has 3 aromatic rings. The van der Waals surface area contributed by atoms with Gasteiger partial charge in [-0.25, -0.2) is 4.98 Å². The maximum atomic E-state index is 12.5. The summed E-state index contributed by atoms with van der Waals surface area (Å²) >= 11 is 1.32. The number of carbonyl (C=O) groups is 1. The second-order valence-corrected chi connectivity index (χ2v) is 9.43. The van der Waals surface area contributed by atoms with Crippen LogP contribution in [0.1, 0.15) is 16.0 Å². The Balaban J connectivity index is 1.71. The summed E-state index contributed by atoms with van der Waals surface area (Å²) in [5.74, 6) is -1.32. The summed E-state index contributed by atoms with van der Waals surface area (Å²) in [5, 5.41) is 12.5. The lowest BCUT2D eigenvalue weighted by Crippen LogP contribution is -2.23. The number of amides is 1. The average molecular weight is 442 g/mol. The fraction of sp³-hybridized carbons (Fsp3) is 0.190. The molecule has 0 aliphatic rings. The number of benzene rings is 2. The van der Waals surface area contributed by atoms with Gasteiger partial charge in [-0.3, -0.25) is 4.79 Å². The van der Waals surface area contributed by atoms with Crippen LogP contribution in [0, 0.1) is 31.1 Å². The first-order valence-corrected chi connectivity index (χ1v) is 11.2. The third kappa shape index (κ3) is 5.43. The van der Waals surface area contributed by atoms with Gasteiger partial charge in [0.15, 0.2) is 5.13 Å². The number of hydrogen-bond donors (Lipinski definition) is 1. The Hall–Kier alpha value is -3.22. The van der Waals surface area contributed by atoms with Crippen LogP contribution >= 0.6 is 11.3 Å². The number of rotatable bonds is 7. The van der Waals surface area contributed by atoms with Crippen LogP contribution in [0.15, 0.2) is 59.6 Å². The number of nitrogens with zero attached hydrogens (tertiary/aromatic N) is 2. The quantitative estimate of drug-likeness (QED) is 0.558. The van der Waals surface area contributed by atoms with Crippen molar-refractivity contribution < 1.29 is 17.4 Å². The van der Waals surface area contributed by atoms with Crippen LogP contribution in [0.3, 0.4) is 0 Å². The molecule has 7 nitrogen and oxygen atoms in total. The summed E-state index contributed by atoms with van der Waals surface area (Å²) < 4.78 is 30.2. The molecule has 1 unspecified atom stereocenters. The van der Waals surface area contributed by atoms with E-state index in [-0.39, 0.29) is 17.1 Å². The van der Waals surface area contributed by atoms with Gasteiger partial charge < -0.3 is 9.50 Å². The lowest BCUT2D eigenvalue weighted by atomic mass is 10.00. The van der Waals surface area contributed by atoms with Gasteiger partial charge in [-0.2, -0.15) is 13.7 Å². The van der Waals surface area contributed by atoms with Crippen LogP contribution in [0.2, 0.25) is 0 Å². The Morgan fingerprint density at radius 3 is 2.60 bits per heavy atom. The van der Waals surface area contributed by atoms with E-state index in [2.05, 4.69) is 10.3 Å². The minimum Gasteiger partial charge on any atom is -0.379 e. The summed E-state index contributed by atoms with van der Waals surface area (Å²) in [6, 6.07) is 14.7. The zero-order valence-electron chi connectivity index (χ0n) is 16.3. The molecule has 2 aromatic carbocycles. The highest BCUT2D eigenvalue weighted by Gasteiger charge is 2.21. The van der Waals surface area contributed by atoms with Gasteiger partial charge in [0.05, 0.1) is 6.07 Å². The van der Waals surface area contributed by atoms with E-state index < -0.39 is 21.9 Å². The second kappa shape index (κ2) is 9.07. The Morgan fingerprint density at radius 2 is 1.97 bits per heavy atom. The molecule has 30 heavy (non-hydrogen) atoms. The highest BCUT2D eigenvalue weighted by Crippen LogP contribution is 2.23. The molecule has 1 heterocycles.